The number of aryl methyl sites for hydroxylation is 1. The summed E-state index contributed by atoms with van der Waals surface area (Å²) in [5, 5.41) is 9.71. The number of hydrogen-bond acceptors (Lipinski definition) is 6. The molecule has 3 rings (SSSR count). The van der Waals surface area contributed by atoms with Crippen LogP contribution in [-0.4, -0.2) is 24.8 Å². The zero-order valence-electron chi connectivity index (χ0n) is 11.9. The molecule has 0 aliphatic heterocycles. The molecule has 7 nitrogen and oxygen atoms in total. The molecule has 114 valence electrons. The highest BCUT2D eigenvalue weighted by molar-refractivity contribution is 7.11. The van der Waals surface area contributed by atoms with Crippen LogP contribution in [-0.2, 0) is 13.7 Å². The molecule has 0 unspecified atom stereocenters. The highest BCUT2D eigenvalue weighted by atomic mass is 32.1. The molecule has 0 N–H and O–H groups in total. The fourth-order valence-corrected chi connectivity index (χ4v) is 2.46. The summed E-state index contributed by atoms with van der Waals surface area (Å²) in [5.74, 6) is -0.376. The zero-order chi connectivity index (χ0) is 15.7. The predicted octanol–water partition coefficient (Wildman–Crippen LogP) is 1.45. The number of aromatic nitrogens is 5. The van der Waals surface area contributed by atoms with E-state index < -0.39 is 5.69 Å². The Morgan fingerprint density at radius 1 is 1.36 bits per heavy atom. The molecule has 1 aromatic carbocycles. The second kappa shape index (κ2) is 5.68. The standard InChI is InChI=1S/C13H12FN5O2S/c1-8-9(7-21-12-15-5-6-22-12)11(4-3-10(8)14)19-13(20)18(2)16-17-19/h3-6H,7H2,1-2H3. The molecule has 9 heteroatoms. The van der Waals surface area contributed by atoms with Crippen molar-refractivity contribution in [1.82, 2.24) is 24.8 Å². The lowest BCUT2D eigenvalue weighted by atomic mass is 10.1. The maximum Gasteiger partial charge on any atom is 0.368 e. The molecule has 0 atom stereocenters. The largest absolute Gasteiger partial charge is 0.465 e. The molecule has 0 aliphatic rings. The number of thiazole rings is 1. The van der Waals surface area contributed by atoms with E-state index in [9.17, 15) is 9.18 Å². The average Bonchev–Trinajstić information content (AvgIpc) is 3.13. The highest BCUT2D eigenvalue weighted by Gasteiger charge is 2.16. The van der Waals surface area contributed by atoms with Crippen molar-refractivity contribution in [3.05, 3.63) is 51.1 Å². The molecule has 3 aromatic rings. The Labute approximate surface area is 128 Å². The van der Waals surface area contributed by atoms with Gasteiger partial charge >= 0.3 is 5.69 Å². The summed E-state index contributed by atoms with van der Waals surface area (Å²) >= 11 is 1.33. The van der Waals surface area contributed by atoms with Gasteiger partial charge in [-0.25, -0.2) is 14.2 Å². The van der Waals surface area contributed by atoms with E-state index in [-0.39, 0.29) is 12.4 Å². The van der Waals surface area contributed by atoms with E-state index in [0.29, 0.717) is 22.0 Å². The van der Waals surface area contributed by atoms with Crippen LogP contribution in [0.5, 0.6) is 5.19 Å². The summed E-state index contributed by atoms with van der Waals surface area (Å²) in [6.45, 7) is 1.70. The van der Waals surface area contributed by atoms with Crippen molar-refractivity contribution in [1.29, 1.82) is 0 Å². The molecule has 0 spiro atoms. The first-order valence-corrected chi connectivity index (χ1v) is 7.25. The maximum atomic E-state index is 13.8. The van der Waals surface area contributed by atoms with E-state index in [0.717, 1.165) is 9.36 Å². The van der Waals surface area contributed by atoms with E-state index in [2.05, 4.69) is 15.4 Å². The van der Waals surface area contributed by atoms with Gasteiger partial charge in [0.25, 0.3) is 5.19 Å². The molecule has 0 radical (unpaired) electrons. The SMILES string of the molecule is Cc1c(F)ccc(-n2nnn(C)c2=O)c1COc1nccs1. The Bertz CT molecular complexity index is 856. The first-order chi connectivity index (χ1) is 10.6. The minimum absolute atomic E-state index is 0.0788. The van der Waals surface area contributed by atoms with Crippen molar-refractivity contribution >= 4 is 11.3 Å². The molecular formula is C13H12FN5O2S. The summed E-state index contributed by atoms with van der Waals surface area (Å²) < 4.78 is 21.6. The molecule has 22 heavy (non-hydrogen) atoms. The summed E-state index contributed by atoms with van der Waals surface area (Å²) in [4.78, 5) is 16.0. The minimum Gasteiger partial charge on any atom is -0.465 e. The van der Waals surface area contributed by atoms with Crippen molar-refractivity contribution in [2.75, 3.05) is 0 Å². The fourth-order valence-electron chi connectivity index (χ4n) is 1.97. The third kappa shape index (κ3) is 2.50. The Hall–Kier alpha value is -2.55. The van der Waals surface area contributed by atoms with Crippen LogP contribution in [0.25, 0.3) is 5.69 Å². The van der Waals surface area contributed by atoms with Crippen LogP contribution in [0.4, 0.5) is 4.39 Å². The van der Waals surface area contributed by atoms with Crippen molar-refractivity contribution in [3.8, 4) is 10.9 Å². The van der Waals surface area contributed by atoms with Gasteiger partial charge < -0.3 is 4.74 Å². The van der Waals surface area contributed by atoms with Crippen LogP contribution in [0.15, 0.2) is 28.5 Å². The normalized spacial score (nSPS) is 10.9. The van der Waals surface area contributed by atoms with Gasteiger partial charge in [0, 0.05) is 24.2 Å². The fraction of sp³-hybridized carbons (Fsp3) is 0.231. The first kappa shape index (κ1) is 14.4. The molecule has 2 heterocycles. The van der Waals surface area contributed by atoms with E-state index in [1.165, 1.54) is 30.5 Å². The van der Waals surface area contributed by atoms with Gasteiger partial charge in [-0.1, -0.05) is 11.3 Å². The summed E-state index contributed by atoms with van der Waals surface area (Å²) in [5.41, 5.74) is 0.944. The molecule has 0 amide bonds. The number of tetrazole rings is 1. The quantitative estimate of drug-likeness (QED) is 0.727. The van der Waals surface area contributed by atoms with Gasteiger partial charge in [0.15, 0.2) is 0 Å². The van der Waals surface area contributed by atoms with Crippen LogP contribution in [0, 0.1) is 12.7 Å². The van der Waals surface area contributed by atoms with Gasteiger partial charge in [-0.05, 0) is 35.0 Å². The molecular weight excluding hydrogens is 309 g/mol. The molecule has 0 aliphatic carbocycles. The lowest BCUT2D eigenvalue weighted by Gasteiger charge is -2.12. The van der Waals surface area contributed by atoms with Gasteiger partial charge in [0.1, 0.15) is 12.4 Å². The Morgan fingerprint density at radius 2 is 2.18 bits per heavy atom. The lowest BCUT2D eigenvalue weighted by Crippen LogP contribution is -2.23. The van der Waals surface area contributed by atoms with Crippen molar-refractivity contribution in [2.24, 2.45) is 7.05 Å². The predicted molar refractivity (Wildman–Crippen MR) is 77.7 cm³/mol. The number of halogens is 1. The monoisotopic (exact) mass is 321 g/mol. The van der Waals surface area contributed by atoms with Gasteiger partial charge in [-0.15, -0.1) is 0 Å². The lowest BCUT2D eigenvalue weighted by molar-refractivity contribution is 0.302. The first-order valence-electron chi connectivity index (χ1n) is 6.37. The van der Waals surface area contributed by atoms with Crippen LogP contribution < -0.4 is 10.4 Å². The van der Waals surface area contributed by atoms with Crippen molar-refractivity contribution < 1.29 is 9.13 Å². The third-order valence-corrected chi connectivity index (χ3v) is 3.89. The van der Waals surface area contributed by atoms with Crippen LogP contribution >= 0.6 is 11.3 Å². The minimum atomic E-state index is -0.415. The number of nitrogens with zero attached hydrogens (tertiary/aromatic N) is 5. The summed E-state index contributed by atoms with van der Waals surface area (Å²) in [6, 6.07) is 2.78. The zero-order valence-corrected chi connectivity index (χ0v) is 12.7. The Kier molecular flexibility index (Phi) is 3.72. The number of ether oxygens (including phenoxy) is 1. The molecule has 0 saturated heterocycles. The van der Waals surface area contributed by atoms with Crippen LogP contribution in [0.2, 0.25) is 0 Å². The van der Waals surface area contributed by atoms with E-state index in [1.54, 1.807) is 18.5 Å². The Balaban J connectivity index is 2.04. The van der Waals surface area contributed by atoms with Gasteiger partial charge in [-0.3, -0.25) is 0 Å². The maximum absolute atomic E-state index is 13.8. The van der Waals surface area contributed by atoms with Crippen LogP contribution in [0.1, 0.15) is 11.1 Å². The van der Waals surface area contributed by atoms with E-state index in [1.807, 2.05) is 0 Å². The van der Waals surface area contributed by atoms with E-state index >= 15 is 0 Å². The number of rotatable bonds is 4. The number of benzene rings is 1. The van der Waals surface area contributed by atoms with Gasteiger partial charge in [0.2, 0.25) is 0 Å². The molecule has 0 bridgehead atoms. The summed E-state index contributed by atoms with van der Waals surface area (Å²) in [6.07, 6.45) is 1.62. The van der Waals surface area contributed by atoms with Crippen molar-refractivity contribution in [2.45, 2.75) is 13.5 Å². The Morgan fingerprint density at radius 3 is 2.82 bits per heavy atom. The second-order valence-electron chi connectivity index (χ2n) is 4.55. The molecule has 2 aromatic heterocycles. The van der Waals surface area contributed by atoms with E-state index in [4.69, 9.17) is 4.74 Å². The average molecular weight is 321 g/mol. The smallest absolute Gasteiger partial charge is 0.368 e. The third-order valence-electron chi connectivity index (χ3n) is 3.21. The van der Waals surface area contributed by atoms with Gasteiger partial charge in [0.05, 0.1) is 5.69 Å². The summed E-state index contributed by atoms with van der Waals surface area (Å²) in [7, 11) is 1.49. The van der Waals surface area contributed by atoms with Gasteiger partial charge in [-0.2, -0.15) is 9.36 Å². The highest BCUT2D eigenvalue weighted by Crippen LogP contribution is 2.23. The molecule has 0 fully saturated rings. The van der Waals surface area contributed by atoms with Crippen molar-refractivity contribution in [3.63, 3.8) is 0 Å². The molecule has 0 saturated carbocycles. The topological polar surface area (TPSA) is 74.8 Å². The van der Waals surface area contributed by atoms with Crippen LogP contribution in [0.3, 0.4) is 0 Å². The number of hydrogen-bond donors (Lipinski definition) is 0. The second-order valence-corrected chi connectivity index (χ2v) is 5.41.